The Kier molecular flexibility index (Phi) is 8.47. The lowest BCUT2D eigenvalue weighted by molar-refractivity contribution is 0.0878. The summed E-state index contributed by atoms with van der Waals surface area (Å²) in [6.45, 7) is 7.47. The van der Waals surface area contributed by atoms with Gasteiger partial charge in [0.25, 0.3) is 0 Å². The van der Waals surface area contributed by atoms with Crippen LogP contribution in [0.4, 0.5) is 0 Å². The summed E-state index contributed by atoms with van der Waals surface area (Å²) in [7, 11) is 1.72. The van der Waals surface area contributed by atoms with Crippen LogP contribution >= 0.6 is 0 Å². The number of methoxy groups -OCH3 is 1. The smallest absolute Gasteiger partial charge is 0.0661 e. The minimum atomic E-state index is 0.276. The van der Waals surface area contributed by atoms with Crippen LogP contribution in [0.5, 0.6) is 0 Å². The molecule has 0 spiro atoms. The normalized spacial score (nSPS) is 12.6. The van der Waals surface area contributed by atoms with Gasteiger partial charge in [0, 0.05) is 20.3 Å². The van der Waals surface area contributed by atoms with E-state index in [2.05, 4.69) is 43.4 Å². The summed E-state index contributed by atoms with van der Waals surface area (Å²) < 4.78 is 10.7. The van der Waals surface area contributed by atoms with Crippen LogP contribution in [0.1, 0.15) is 37.4 Å². The first-order valence-corrected chi connectivity index (χ1v) is 7.20. The summed E-state index contributed by atoms with van der Waals surface area (Å²) >= 11 is 0. The molecule has 3 nitrogen and oxygen atoms in total. The van der Waals surface area contributed by atoms with Gasteiger partial charge in [0.05, 0.1) is 12.6 Å². The number of likely N-dealkylation sites (N-methyl/N-ethyl adjacent to an activating group) is 1. The molecule has 1 aromatic carbocycles. The molecule has 19 heavy (non-hydrogen) atoms. The molecule has 1 unspecified atom stereocenters. The second kappa shape index (κ2) is 9.96. The summed E-state index contributed by atoms with van der Waals surface area (Å²) in [5.41, 5.74) is 2.67. The number of hydrogen-bond donors (Lipinski definition) is 1. The van der Waals surface area contributed by atoms with Gasteiger partial charge in [-0.05, 0) is 30.5 Å². The summed E-state index contributed by atoms with van der Waals surface area (Å²) in [4.78, 5) is 0. The van der Waals surface area contributed by atoms with Crippen molar-refractivity contribution in [1.29, 1.82) is 0 Å². The number of rotatable bonds is 10. The zero-order chi connectivity index (χ0) is 13.9. The number of benzene rings is 1. The lowest BCUT2D eigenvalue weighted by Gasteiger charge is -2.19. The number of aryl methyl sites for hydroxylation is 1. The topological polar surface area (TPSA) is 30.5 Å². The molecule has 108 valence electrons. The zero-order valence-electron chi connectivity index (χ0n) is 12.4. The molecule has 1 N–H and O–H groups in total. The molecule has 0 bridgehead atoms. The van der Waals surface area contributed by atoms with Crippen molar-refractivity contribution in [2.24, 2.45) is 0 Å². The first kappa shape index (κ1) is 16.2. The summed E-state index contributed by atoms with van der Waals surface area (Å²) in [6.07, 6.45) is 2.03. The Hall–Kier alpha value is -0.900. The van der Waals surface area contributed by atoms with Gasteiger partial charge in [-0.3, -0.25) is 0 Å². The maximum atomic E-state index is 5.72. The molecule has 0 aromatic heterocycles. The quantitative estimate of drug-likeness (QED) is 0.660. The summed E-state index contributed by atoms with van der Waals surface area (Å²) in [5.74, 6) is 0. The van der Waals surface area contributed by atoms with Crippen molar-refractivity contribution in [1.82, 2.24) is 5.32 Å². The molecular weight excluding hydrogens is 238 g/mol. The van der Waals surface area contributed by atoms with Crippen molar-refractivity contribution in [2.45, 2.75) is 32.7 Å². The highest BCUT2D eigenvalue weighted by Gasteiger charge is 2.10. The number of hydrogen-bond acceptors (Lipinski definition) is 3. The van der Waals surface area contributed by atoms with Crippen LogP contribution in [-0.2, 0) is 15.9 Å². The minimum absolute atomic E-state index is 0.276. The SMILES string of the molecule is CCNC(COCCCOC)c1ccc(CC)cc1. The zero-order valence-corrected chi connectivity index (χ0v) is 12.4. The Morgan fingerprint density at radius 2 is 1.84 bits per heavy atom. The molecule has 0 fully saturated rings. The Bertz CT molecular complexity index is 324. The molecule has 0 heterocycles. The van der Waals surface area contributed by atoms with E-state index in [0.29, 0.717) is 6.61 Å². The van der Waals surface area contributed by atoms with Crippen LogP contribution in [-0.4, -0.2) is 33.5 Å². The highest BCUT2D eigenvalue weighted by molar-refractivity contribution is 5.25. The predicted molar refractivity (Wildman–Crippen MR) is 79.5 cm³/mol. The van der Waals surface area contributed by atoms with Gasteiger partial charge >= 0.3 is 0 Å². The molecule has 0 saturated carbocycles. The van der Waals surface area contributed by atoms with Crippen molar-refractivity contribution in [3.8, 4) is 0 Å². The Morgan fingerprint density at radius 1 is 1.11 bits per heavy atom. The van der Waals surface area contributed by atoms with Gasteiger partial charge in [-0.2, -0.15) is 0 Å². The highest BCUT2D eigenvalue weighted by atomic mass is 16.5. The van der Waals surface area contributed by atoms with Crippen LogP contribution in [0, 0.1) is 0 Å². The van der Waals surface area contributed by atoms with Crippen molar-refractivity contribution >= 4 is 0 Å². The van der Waals surface area contributed by atoms with Crippen LogP contribution in [0.15, 0.2) is 24.3 Å². The molecule has 1 atom stereocenters. The fourth-order valence-corrected chi connectivity index (χ4v) is 2.01. The van der Waals surface area contributed by atoms with E-state index in [1.807, 2.05) is 0 Å². The van der Waals surface area contributed by atoms with E-state index < -0.39 is 0 Å². The van der Waals surface area contributed by atoms with Crippen LogP contribution in [0.3, 0.4) is 0 Å². The summed E-state index contributed by atoms with van der Waals surface area (Å²) in [5, 5.41) is 3.47. The third kappa shape index (κ3) is 6.19. The monoisotopic (exact) mass is 265 g/mol. The molecule has 0 aliphatic rings. The Labute approximate surface area is 117 Å². The standard InChI is InChI=1S/C16H27NO2/c1-4-14-7-9-15(10-8-14)16(17-5-2)13-19-12-6-11-18-3/h7-10,16-17H,4-6,11-13H2,1-3H3. The Morgan fingerprint density at radius 3 is 2.42 bits per heavy atom. The van der Waals surface area contributed by atoms with E-state index in [-0.39, 0.29) is 6.04 Å². The molecule has 0 saturated heterocycles. The maximum Gasteiger partial charge on any atom is 0.0661 e. The molecule has 0 aliphatic carbocycles. The average molecular weight is 265 g/mol. The lowest BCUT2D eigenvalue weighted by Crippen LogP contribution is -2.25. The first-order chi connectivity index (χ1) is 9.31. The number of nitrogens with one attached hydrogen (secondary N) is 1. The van der Waals surface area contributed by atoms with E-state index in [1.54, 1.807) is 7.11 Å². The molecule has 0 amide bonds. The van der Waals surface area contributed by atoms with E-state index in [0.717, 1.165) is 32.6 Å². The molecule has 1 rings (SSSR count). The second-order valence-electron chi connectivity index (χ2n) is 4.63. The van der Waals surface area contributed by atoms with Crippen molar-refractivity contribution in [3.05, 3.63) is 35.4 Å². The van der Waals surface area contributed by atoms with E-state index in [9.17, 15) is 0 Å². The van der Waals surface area contributed by atoms with Crippen molar-refractivity contribution in [3.63, 3.8) is 0 Å². The van der Waals surface area contributed by atoms with Crippen LogP contribution < -0.4 is 5.32 Å². The summed E-state index contributed by atoms with van der Waals surface area (Å²) in [6, 6.07) is 9.07. The highest BCUT2D eigenvalue weighted by Crippen LogP contribution is 2.15. The fraction of sp³-hybridized carbons (Fsp3) is 0.625. The largest absolute Gasteiger partial charge is 0.385 e. The second-order valence-corrected chi connectivity index (χ2v) is 4.63. The van der Waals surface area contributed by atoms with Gasteiger partial charge < -0.3 is 14.8 Å². The van der Waals surface area contributed by atoms with E-state index in [1.165, 1.54) is 11.1 Å². The van der Waals surface area contributed by atoms with E-state index >= 15 is 0 Å². The lowest BCUT2D eigenvalue weighted by atomic mass is 10.0. The first-order valence-electron chi connectivity index (χ1n) is 7.20. The van der Waals surface area contributed by atoms with Gasteiger partial charge in [0.15, 0.2) is 0 Å². The van der Waals surface area contributed by atoms with Gasteiger partial charge in [-0.1, -0.05) is 38.1 Å². The minimum Gasteiger partial charge on any atom is -0.385 e. The van der Waals surface area contributed by atoms with Gasteiger partial charge in [0.1, 0.15) is 0 Å². The van der Waals surface area contributed by atoms with Crippen molar-refractivity contribution in [2.75, 3.05) is 33.5 Å². The number of ether oxygens (including phenoxy) is 2. The molecule has 1 aromatic rings. The Balaban J connectivity index is 2.45. The van der Waals surface area contributed by atoms with Gasteiger partial charge in [-0.25, -0.2) is 0 Å². The fourth-order valence-electron chi connectivity index (χ4n) is 2.01. The maximum absolute atomic E-state index is 5.72. The van der Waals surface area contributed by atoms with Crippen LogP contribution in [0.2, 0.25) is 0 Å². The molecular formula is C16H27NO2. The van der Waals surface area contributed by atoms with Gasteiger partial charge in [0.2, 0.25) is 0 Å². The van der Waals surface area contributed by atoms with Crippen molar-refractivity contribution < 1.29 is 9.47 Å². The van der Waals surface area contributed by atoms with Gasteiger partial charge in [-0.15, -0.1) is 0 Å². The predicted octanol–water partition coefficient (Wildman–Crippen LogP) is 2.95. The van der Waals surface area contributed by atoms with E-state index in [4.69, 9.17) is 9.47 Å². The third-order valence-electron chi connectivity index (χ3n) is 3.16. The van der Waals surface area contributed by atoms with Crippen LogP contribution in [0.25, 0.3) is 0 Å². The molecule has 3 heteroatoms. The molecule has 0 radical (unpaired) electrons. The third-order valence-corrected chi connectivity index (χ3v) is 3.16. The molecule has 0 aliphatic heterocycles. The average Bonchev–Trinajstić information content (AvgIpc) is 2.46.